The summed E-state index contributed by atoms with van der Waals surface area (Å²) >= 11 is 0. The van der Waals surface area contributed by atoms with Crippen molar-refractivity contribution < 1.29 is 77.0 Å². The summed E-state index contributed by atoms with van der Waals surface area (Å²) in [7, 11) is 0. The van der Waals surface area contributed by atoms with Crippen LogP contribution >= 0.6 is 0 Å². The first-order valence-electron chi connectivity index (χ1n) is 0. The smallest absolute Gasteiger partial charge is 2.00 e. The molecule has 0 spiro atoms. The third-order valence-corrected chi connectivity index (χ3v) is 0. The van der Waals surface area contributed by atoms with Crippen molar-refractivity contribution in [3.63, 3.8) is 0 Å². The first kappa shape index (κ1) is 72.9. The maximum absolute atomic E-state index is 0. The number of hydrogen-bond acceptors (Lipinski definition) is 0. The molecule has 0 atom stereocenters. The van der Waals surface area contributed by atoms with Gasteiger partial charge in [0.05, 0.1) is 0 Å². The molecule has 3 nitrogen and oxygen atoms in total. The molecule has 0 heterocycles. The molecule has 0 aromatic carbocycles. The van der Waals surface area contributed by atoms with Crippen LogP contribution in [0.2, 0.25) is 0 Å². The van der Waals surface area contributed by atoms with Crippen molar-refractivity contribution in [2.24, 2.45) is 0 Å². The Hall–Kier alpha value is 2.62. The maximum atomic E-state index is 0. The van der Waals surface area contributed by atoms with E-state index >= 15 is 0 Å². The molecule has 0 aliphatic carbocycles. The van der Waals surface area contributed by atoms with Crippen molar-refractivity contribution in [3.8, 4) is 0 Å². The van der Waals surface area contributed by atoms with Crippen molar-refractivity contribution in [1.29, 1.82) is 0 Å². The molecule has 25 valence electrons. The van der Waals surface area contributed by atoms with Gasteiger partial charge in [-0.25, -0.2) is 0 Å². The molecule has 0 rings (SSSR count). The van der Waals surface area contributed by atoms with Crippen LogP contribution in [-0.4, -0.2) is 23.1 Å². The Morgan fingerprint density at radius 1 is 0.667 bits per heavy atom. The van der Waals surface area contributed by atoms with Crippen LogP contribution < -0.4 is 18.9 Å². The first-order chi connectivity index (χ1) is 0. The molecule has 0 aliphatic heterocycles. The van der Waals surface area contributed by atoms with E-state index in [1.807, 2.05) is 0 Å². The van der Waals surface area contributed by atoms with Crippen molar-refractivity contribution >= 4 is 23.1 Å². The zero-order chi connectivity index (χ0) is 0. The SMILES string of the molecule is [Ce+3].[Li+].[Mg+2].[O-2].[O-2].[O-2]. The minimum absolute atomic E-state index is 0. The predicted molar refractivity (Wildman–Crippen MR) is 7.81 cm³/mol. The Morgan fingerprint density at radius 2 is 0.667 bits per heavy atom. The third-order valence-electron chi connectivity index (χ3n) is 0. The molecule has 0 saturated heterocycles. The van der Waals surface area contributed by atoms with Crippen molar-refractivity contribution in [2.75, 3.05) is 0 Å². The Morgan fingerprint density at radius 3 is 0.667 bits per heavy atom. The van der Waals surface area contributed by atoms with Crippen LogP contribution in [0.4, 0.5) is 0 Å². The van der Waals surface area contributed by atoms with Crippen LogP contribution in [0.15, 0.2) is 0 Å². The van der Waals surface area contributed by atoms with Gasteiger partial charge in [-0.15, -0.1) is 0 Å². The van der Waals surface area contributed by atoms with E-state index in [4.69, 9.17) is 0 Å². The monoisotopic (exact) mass is 219 g/mol. The van der Waals surface area contributed by atoms with E-state index in [-0.39, 0.29) is 100 Å². The van der Waals surface area contributed by atoms with E-state index in [1.54, 1.807) is 0 Å². The zero-order valence-electron chi connectivity index (χ0n) is 3.43. The second-order valence-corrected chi connectivity index (χ2v) is 0. The molecule has 0 aliphatic rings. The Labute approximate surface area is 98.3 Å². The van der Waals surface area contributed by atoms with Crippen molar-refractivity contribution in [2.45, 2.75) is 0 Å². The third kappa shape index (κ3) is 30.5. The molecule has 0 amide bonds. The fraction of sp³-hybridized carbons (Fsp3) is 0. The molecule has 6 heteroatoms. The first-order valence-corrected chi connectivity index (χ1v) is 0. The maximum Gasteiger partial charge on any atom is 3.00 e. The largest absolute Gasteiger partial charge is 3.00 e. The van der Waals surface area contributed by atoms with Gasteiger partial charge in [0, 0.05) is 0 Å². The number of hydrogen-bond donors (Lipinski definition) is 0. The summed E-state index contributed by atoms with van der Waals surface area (Å²) in [5.74, 6) is 0. The molecule has 0 aromatic heterocycles. The molecule has 0 unspecified atom stereocenters. The Balaban J connectivity index is 0. The normalized spacial score (nSPS) is 0. The van der Waals surface area contributed by atoms with E-state index < -0.39 is 0 Å². The molecule has 6 heavy (non-hydrogen) atoms. The Kier molecular flexibility index (Phi) is 591. The summed E-state index contributed by atoms with van der Waals surface area (Å²) in [6.45, 7) is 0. The van der Waals surface area contributed by atoms with Crippen molar-refractivity contribution in [3.05, 3.63) is 0 Å². The molecule has 0 N–H and O–H groups in total. The molecular weight excluding hydrogens is 219 g/mol. The van der Waals surface area contributed by atoms with Gasteiger partial charge in [-0.1, -0.05) is 0 Å². The standard InChI is InChI=1S/Ce.Li.Mg.3O/q+3;+1;+2;3*-2. The predicted octanol–water partition coefficient (Wildman–Crippen LogP) is -3.73. The van der Waals surface area contributed by atoms with Gasteiger partial charge in [0.25, 0.3) is 0 Å². The van der Waals surface area contributed by atoms with E-state index in [1.165, 1.54) is 0 Å². The summed E-state index contributed by atoms with van der Waals surface area (Å²) in [6.07, 6.45) is 0. The van der Waals surface area contributed by atoms with Gasteiger partial charge in [-0.3, -0.25) is 0 Å². The van der Waals surface area contributed by atoms with Gasteiger partial charge < -0.3 is 16.4 Å². The topological polar surface area (TPSA) is 85.5 Å². The van der Waals surface area contributed by atoms with E-state index in [0.717, 1.165) is 0 Å². The van der Waals surface area contributed by atoms with Crippen LogP contribution in [0.5, 0.6) is 0 Å². The molecule has 1 radical (unpaired) electrons. The van der Waals surface area contributed by atoms with Crippen LogP contribution in [0.25, 0.3) is 0 Å². The summed E-state index contributed by atoms with van der Waals surface area (Å²) < 4.78 is 0. The van der Waals surface area contributed by atoms with Gasteiger partial charge in [0.15, 0.2) is 0 Å². The molecule has 0 bridgehead atoms. The van der Waals surface area contributed by atoms with E-state index in [2.05, 4.69) is 0 Å². The average Bonchev–Trinajstić information content (AvgIpc) is 0. The molecular formula is CeLiMgO3. The zero-order valence-corrected chi connectivity index (χ0v) is 7.99. The second-order valence-electron chi connectivity index (χ2n) is 0. The summed E-state index contributed by atoms with van der Waals surface area (Å²) in [5, 5.41) is 0. The van der Waals surface area contributed by atoms with Gasteiger partial charge in [-0.05, 0) is 0 Å². The molecule has 0 aromatic rings. The van der Waals surface area contributed by atoms with E-state index in [0.29, 0.717) is 0 Å². The van der Waals surface area contributed by atoms with Gasteiger partial charge in [0.2, 0.25) is 0 Å². The van der Waals surface area contributed by atoms with Gasteiger partial charge in [-0.2, -0.15) is 0 Å². The fourth-order valence-electron chi connectivity index (χ4n) is 0. The van der Waals surface area contributed by atoms with Crippen LogP contribution in [0.1, 0.15) is 0 Å². The quantitative estimate of drug-likeness (QED) is 0.375. The van der Waals surface area contributed by atoms with Gasteiger partial charge >= 0.3 is 83.7 Å². The minimum atomic E-state index is 0. The second kappa shape index (κ2) is 48.6. The Bertz CT molecular complexity index is 10.8. The molecule has 0 saturated carbocycles. The van der Waals surface area contributed by atoms with E-state index in [9.17, 15) is 0 Å². The van der Waals surface area contributed by atoms with Gasteiger partial charge in [0.1, 0.15) is 0 Å². The summed E-state index contributed by atoms with van der Waals surface area (Å²) in [5.41, 5.74) is 0. The fourth-order valence-corrected chi connectivity index (χ4v) is 0. The minimum Gasteiger partial charge on any atom is -2.00 e. The average molecular weight is 219 g/mol. The summed E-state index contributed by atoms with van der Waals surface area (Å²) in [4.78, 5) is 0. The molecule has 0 fully saturated rings. The summed E-state index contributed by atoms with van der Waals surface area (Å²) in [6, 6.07) is 0. The number of rotatable bonds is 0. The van der Waals surface area contributed by atoms with Crippen LogP contribution in [-0.2, 0) is 16.4 Å². The van der Waals surface area contributed by atoms with Crippen LogP contribution in [0.3, 0.4) is 0 Å². The van der Waals surface area contributed by atoms with Crippen LogP contribution in [0, 0.1) is 41.7 Å². The van der Waals surface area contributed by atoms with Crippen molar-refractivity contribution in [1.82, 2.24) is 0 Å².